The van der Waals surface area contributed by atoms with Gasteiger partial charge < -0.3 is 19.7 Å². The van der Waals surface area contributed by atoms with Crippen LogP contribution in [0.1, 0.15) is 31.2 Å². The third kappa shape index (κ3) is 4.91. The van der Waals surface area contributed by atoms with Crippen LogP contribution >= 0.6 is 0 Å². The van der Waals surface area contributed by atoms with Gasteiger partial charge in [0.05, 0.1) is 18.3 Å². The largest absolute Gasteiger partial charge is 0.376 e. The van der Waals surface area contributed by atoms with Gasteiger partial charge in [-0.25, -0.2) is 4.98 Å². The molecule has 0 unspecified atom stereocenters. The normalized spacial score (nSPS) is 21.1. The minimum Gasteiger partial charge on any atom is -0.376 e. The fraction of sp³-hybridized carbons (Fsp3) is 0.611. The fourth-order valence-corrected chi connectivity index (χ4v) is 3.30. The molecule has 25 heavy (non-hydrogen) atoms. The molecule has 3 heterocycles. The van der Waals surface area contributed by atoms with Gasteiger partial charge in [-0.05, 0) is 37.8 Å². The van der Waals surface area contributed by atoms with E-state index in [9.17, 15) is 10.1 Å². The summed E-state index contributed by atoms with van der Waals surface area (Å²) in [6.45, 7) is 2.91. The second-order valence-electron chi connectivity index (χ2n) is 6.47. The van der Waals surface area contributed by atoms with Gasteiger partial charge in [0.25, 0.3) is 0 Å². The van der Waals surface area contributed by atoms with E-state index in [0.29, 0.717) is 12.2 Å². The minimum atomic E-state index is -0.0769. The molecular formula is C18H24N4O3. The lowest BCUT2D eigenvalue weighted by Gasteiger charge is -2.33. The zero-order valence-corrected chi connectivity index (χ0v) is 14.3. The minimum absolute atomic E-state index is 0.0769. The van der Waals surface area contributed by atoms with Crippen molar-refractivity contribution in [1.29, 1.82) is 5.26 Å². The summed E-state index contributed by atoms with van der Waals surface area (Å²) in [7, 11) is 0. The van der Waals surface area contributed by atoms with Gasteiger partial charge in [-0.3, -0.25) is 4.79 Å². The smallest absolute Gasteiger partial charge is 0.246 e. The molecule has 2 saturated heterocycles. The van der Waals surface area contributed by atoms with E-state index >= 15 is 0 Å². The summed E-state index contributed by atoms with van der Waals surface area (Å²) in [6, 6.07) is 5.87. The molecule has 0 aliphatic carbocycles. The van der Waals surface area contributed by atoms with E-state index in [-0.39, 0.29) is 24.7 Å². The number of aromatic nitrogens is 1. The number of ether oxygens (including phenoxy) is 2. The van der Waals surface area contributed by atoms with E-state index in [0.717, 1.165) is 51.2 Å². The summed E-state index contributed by atoms with van der Waals surface area (Å²) in [6.07, 6.45) is 5.59. The number of amides is 1. The topological polar surface area (TPSA) is 87.5 Å². The average Bonchev–Trinajstić information content (AvgIpc) is 3.16. The van der Waals surface area contributed by atoms with Crippen LogP contribution in [0.3, 0.4) is 0 Å². The third-order valence-corrected chi connectivity index (χ3v) is 4.63. The summed E-state index contributed by atoms with van der Waals surface area (Å²) >= 11 is 0. The maximum absolute atomic E-state index is 12.0. The monoisotopic (exact) mass is 344 g/mol. The number of piperidine rings is 1. The average molecular weight is 344 g/mol. The first-order valence-corrected chi connectivity index (χ1v) is 8.85. The van der Waals surface area contributed by atoms with Crippen LogP contribution in [0.15, 0.2) is 18.3 Å². The van der Waals surface area contributed by atoms with Crippen molar-refractivity contribution < 1.29 is 14.3 Å². The number of pyridine rings is 1. The van der Waals surface area contributed by atoms with Crippen molar-refractivity contribution in [3.63, 3.8) is 0 Å². The van der Waals surface area contributed by atoms with Crippen LogP contribution in [0.5, 0.6) is 0 Å². The first kappa shape index (κ1) is 17.6. The lowest BCUT2D eigenvalue weighted by Crippen LogP contribution is -2.46. The van der Waals surface area contributed by atoms with Crippen molar-refractivity contribution in [2.24, 2.45) is 0 Å². The van der Waals surface area contributed by atoms with Crippen LogP contribution in [0.2, 0.25) is 0 Å². The van der Waals surface area contributed by atoms with E-state index in [1.807, 2.05) is 0 Å². The zero-order chi connectivity index (χ0) is 17.5. The Morgan fingerprint density at radius 2 is 2.28 bits per heavy atom. The molecule has 1 aromatic heterocycles. The fourth-order valence-electron chi connectivity index (χ4n) is 3.30. The Balaban J connectivity index is 1.38. The molecule has 7 nitrogen and oxygen atoms in total. The lowest BCUT2D eigenvalue weighted by molar-refractivity contribution is -0.127. The molecule has 7 heteroatoms. The van der Waals surface area contributed by atoms with Gasteiger partial charge in [0.15, 0.2) is 0 Å². The van der Waals surface area contributed by atoms with Crippen molar-refractivity contribution in [2.45, 2.75) is 37.8 Å². The summed E-state index contributed by atoms with van der Waals surface area (Å²) in [5.74, 6) is 0.654. The number of nitriles is 1. The number of rotatable bonds is 6. The molecule has 3 rings (SSSR count). The SMILES string of the molecule is N#Cc1cccnc1N1CCC(NC(=O)COC[C@@H]2CCCO2)CC1. The summed E-state index contributed by atoms with van der Waals surface area (Å²) < 4.78 is 10.9. The number of anilines is 1. The van der Waals surface area contributed by atoms with Crippen molar-refractivity contribution in [3.8, 4) is 6.07 Å². The first-order valence-electron chi connectivity index (χ1n) is 8.85. The van der Waals surface area contributed by atoms with Gasteiger partial charge in [-0.1, -0.05) is 0 Å². The van der Waals surface area contributed by atoms with Crippen molar-refractivity contribution in [1.82, 2.24) is 10.3 Å². The third-order valence-electron chi connectivity index (χ3n) is 4.63. The van der Waals surface area contributed by atoms with E-state index in [1.165, 1.54) is 0 Å². The Hall–Kier alpha value is -2.17. The van der Waals surface area contributed by atoms with Crippen molar-refractivity contribution in [3.05, 3.63) is 23.9 Å². The Labute approximate surface area is 147 Å². The Kier molecular flexibility index (Phi) is 6.20. The number of hydrogen-bond acceptors (Lipinski definition) is 6. The zero-order valence-electron chi connectivity index (χ0n) is 14.3. The predicted octanol–water partition coefficient (Wildman–Crippen LogP) is 1.23. The first-order chi connectivity index (χ1) is 12.3. The van der Waals surface area contributed by atoms with Crippen molar-refractivity contribution >= 4 is 11.7 Å². The molecule has 0 radical (unpaired) electrons. The summed E-state index contributed by atoms with van der Waals surface area (Å²) in [5.41, 5.74) is 0.590. The molecule has 2 aliphatic heterocycles. The van der Waals surface area contributed by atoms with E-state index < -0.39 is 0 Å². The highest BCUT2D eigenvalue weighted by molar-refractivity contribution is 5.77. The van der Waals surface area contributed by atoms with Gasteiger partial charge in [-0.15, -0.1) is 0 Å². The number of nitrogens with one attached hydrogen (secondary N) is 1. The molecular weight excluding hydrogens is 320 g/mol. The highest BCUT2D eigenvalue weighted by Gasteiger charge is 2.23. The van der Waals surface area contributed by atoms with E-state index in [2.05, 4.69) is 21.3 Å². The van der Waals surface area contributed by atoms with Gasteiger partial charge in [0, 0.05) is 31.9 Å². The molecule has 1 atom stereocenters. The molecule has 2 aliphatic rings. The maximum atomic E-state index is 12.0. The molecule has 1 aromatic rings. The lowest BCUT2D eigenvalue weighted by atomic mass is 10.0. The number of carbonyl (C=O) groups excluding carboxylic acids is 1. The highest BCUT2D eigenvalue weighted by Crippen LogP contribution is 2.21. The van der Waals surface area contributed by atoms with Crippen LogP contribution < -0.4 is 10.2 Å². The Morgan fingerprint density at radius 3 is 3.00 bits per heavy atom. The Bertz CT molecular complexity index is 617. The summed E-state index contributed by atoms with van der Waals surface area (Å²) in [5, 5.41) is 12.2. The molecule has 134 valence electrons. The molecule has 1 N–H and O–H groups in total. The van der Waals surface area contributed by atoms with Crippen LogP contribution in [0.4, 0.5) is 5.82 Å². The number of hydrogen-bond donors (Lipinski definition) is 1. The number of carbonyl (C=O) groups is 1. The Morgan fingerprint density at radius 1 is 1.44 bits per heavy atom. The van der Waals surface area contributed by atoms with Gasteiger partial charge >= 0.3 is 0 Å². The quantitative estimate of drug-likeness (QED) is 0.835. The van der Waals surface area contributed by atoms with Gasteiger partial charge in [0.1, 0.15) is 18.5 Å². The van der Waals surface area contributed by atoms with Crippen molar-refractivity contribution in [2.75, 3.05) is 37.8 Å². The molecule has 0 aromatic carbocycles. The maximum Gasteiger partial charge on any atom is 0.246 e. The standard InChI is InChI=1S/C18H24N4O3/c19-11-14-3-1-7-20-18(14)22-8-5-15(6-9-22)21-17(23)13-24-12-16-4-2-10-25-16/h1,3,7,15-16H,2,4-6,8-10,12-13H2,(H,21,23)/t16-/m0/s1. The second kappa shape index (κ2) is 8.79. The van der Waals surface area contributed by atoms with Crippen LogP contribution in [0, 0.1) is 11.3 Å². The van der Waals surface area contributed by atoms with Crippen LogP contribution in [-0.4, -0.2) is 55.9 Å². The van der Waals surface area contributed by atoms with E-state index in [4.69, 9.17) is 9.47 Å². The van der Waals surface area contributed by atoms with E-state index in [1.54, 1.807) is 18.3 Å². The van der Waals surface area contributed by atoms with Gasteiger partial charge in [0.2, 0.25) is 5.91 Å². The summed E-state index contributed by atoms with van der Waals surface area (Å²) in [4.78, 5) is 18.4. The molecule has 0 bridgehead atoms. The van der Waals surface area contributed by atoms with Crippen LogP contribution in [0.25, 0.3) is 0 Å². The predicted molar refractivity (Wildman–Crippen MR) is 92.1 cm³/mol. The number of nitrogens with zero attached hydrogens (tertiary/aromatic N) is 3. The highest BCUT2D eigenvalue weighted by atomic mass is 16.5. The molecule has 1 amide bonds. The molecule has 2 fully saturated rings. The molecule has 0 spiro atoms. The van der Waals surface area contributed by atoms with Gasteiger partial charge in [-0.2, -0.15) is 5.26 Å². The second-order valence-corrected chi connectivity index (χ2v) is 6.47. The van der Waals surface area contributed by atoms with Crippen LogP contribution in [-0.2, 0) is 14.3 Å². The molecule has 0 saturated carbocycles.